The van der Waals surface area contributed by atoms with Crippen molar-refractivity contribution < 1.29 is 9.59 Å². The van der Waals surface area contributed by atoms with Gasteiger partial charge in [0.2, 0.25) is 5.91 Å². The van der Waals surface area contributed by atoms with Gasteiger partial charge in [-0.15, -0.1) is 0 Å². The predicted molar refractivity (Wildman–Crippen MR) is 105 cm³/mol. The summed E-state index contributed by atoms with van der Waals surface area (Å²) in [4.78, 5) is 25.3. The number of benzene rings is 2. The van der Waals surface area contributed by atoms with Crippen molar-refractivity contribution in [2.45, 2.75) is 12.8 Å². The van der Waals surface area contributed by atoms with Crippen LogP contribution in [0.1, 0.15) is 22.3 Å². The van der Waals surface area contributed by atoms with Gasteiger partial charge in [0.1, 0.15) is 0 Å². The zero-order valence-electron chi connectivity index (χ0n) is 14.7. The molecule has 0 aromatic heterocycles. The maximum atomic E-state index is 12.0. The summed E-state index contributed by atoms with van der Waals surface area (Å²) < 4.78 is 0. The quantitative estimate of drug-likeness (QED) is 0.734. The summed E-state index contributed by atoms with van der Waals surface area (Å²) in [7, 11) is 3.43. The fourth-order valence-electron chi connectivity index (χ4n) is 2.34. The Kier molecular flexibility index (Phi) is 7.54. The summed E-state index contributed by atoms with van der Waals surface area (Å²) in [6.07, 6.45) is 2.10. The van der Waals surface area contributed by atoms with Crippen molar-refractivity contribution in [3.8, 4) is 0 Å². The number of aryl methyl sites for hydroxylation is 1. The van der Waals surface area contributed by atoms with Crippen LogP contribution < -0.4 is 5.32 Å². The van der Waals surface area contributed by atoms with E-state index in [4.69, 9.17) is 0 Å². The van der Waals surface area contributed by atoms with Crippen molar-refractivity contribution in [2.75, 3.05) is 30.9 Å². The lowest BCUT2D eigenvalue weighted by Gasteiger charge is -2.11. The topological polar surface area (TPSA) is 49.4 Å². The third-order valence-corrected chi connectivity index (χ3v) is 4.70. The highest BCUT2D eigenvalue weighted by molar-refractivity contribution is 7.99. The molecule has 0 fully saturated rings. The molecular formula is C20H24N2O2S. The molecule has 5 heteroatoms. The summed E-state index contributed by atoms with van der Waals surface area (Å²) in [5, 5.41) is 2.86. The predicted octanol–water partition coefficient (Wildman–Crippen LogP) is 3.69. The minimum absolute atomic E-state index is 0.0172. The Hall–Kier alpha value is -2.27. The monoisotopic (exact) mass is 356 g/mol. The number of carbonyl (C=O) groups is 2. The number of nitrogens with one attached hydrogen (secondary N) is 1. The second kappa shape index (κ2) is 9.89. The van der Waals surface area contributed by atoms with Crippen LogP contribution in [0.2, 0.25) is 0 Å². The number of rotatable bonds is 8. The molecule has 0 aliphatic rings. The van der Waals surface area contributed by atoms with Gasteiger partial charge < -0.3 is 10.2 Å². The lowest BCUT2D eigenvalue weighted by Crippen LogP contribution is -2.21. The molecule has 25 heavy (non-hydrogen) atoms. The normalized spacial score (nSPS) is 10.3. The van der Waals surface area contributed by atoms with Gasteiger partial charge in [-0.05, 0) is 48.4 Å². The smallest absolute Gasteiger partial charge is 0.253 e. The third kappa shape index (κ3) is 6.63. The van der Waals surface area contributed by atoms with Gasteiger partial charge in [-0.25, -0.2) is 0 Å². The number of anilines is 1. The first-order chi connectivity index (χ1) is 12.1. The first kappa shape index (κ1) is 19.1. The summed E-state index contributed by atoms with van der Waals surface area (Å²) in [5.74, 6) is 1.33. The maximum Gasteiger partial charge on any atom is 0.253 e. The second-order valence-electron chi connectivity index (χ2n) is 5.97. The Labute approximate surface area is 153 Å². The van der Waals surface area contributed by atoms with Gasteiger partial charge in [-0.3, -0.25) is 9.59 Å². The van der Waals surface area contributed by atoms with Crippen LogP contribution in [0.4, 0.5) is 5.69 Å². The first-order valence-electron chi connectivity index (χ1n) is 8.29. The Morgan fingerprint density at radius 3 is 2.32 bits per heavy atom. The summed E-state index contributed by atoms with van der Waals surface area (Å²) in [6, 6.07) is 17.3. The van der Waals surface area contributed by atoms with Crippen molar-refractivity contribution in [1.29, 1.82) is 0 Å². The molecule has 1 N–H and O–H groups in total. The largest absolute Gasteiger partial charge is 0.345 e. The first-order valence-corrected chi connectivity index (χ1v) is 9.45. The average molecular weight is 356 g/mol. The molecule has 2 aromatic carbocycles. The lowest BCUT2D eigenvalue weighted by atomic mass is 10.1. The zero-order valence-corrected chi connectivity index (χ0v) is 15.5. The number of hydrogen-bond donors (Lipinski definition) is 1. The molecule has 132 valence electrons. The fourth-order valence-corrected chi connectivity index (χ4v) is 3.09. The molecule has 2 amide bonds. The number of amides is 2. The minimum Gasteiger partial charge on any atom is -0.345 e. The standard InChI is InChI=1S/C20H24N2O2S/c1-22(2)20(24)17-10-12-18(13-11-17)21-19(23)15-25-14-6-9-16-7-4-3-5-8-16/h3-5,7-8,10-13H,6,9,14-15H2,1-2H3,(H,21,23). The van der Waals surface area contributed by atoms with Gasteiger partial charge >= 0.3 is 0 Å². The van der Waals surface area contributed by atoms with Crippen molar-refractivity contribution in [3.63, 3.8) is 0 Å². The molecule has 2 rings (SSSR count). The number of hydrogen-bond acceptors (Lipinski definition) is 3. The number of thioether (sulfide) groups is 1. The van der Waals surface area contributed by atoms with Gasteiger partial charge in [-0.2, -0.15) is 11.8 Å². The van der Waals surface area contributed by atoms with E-state index in [0.717, 1.165) is 18.6 Å². The van der Waals surface area contributed by atoms with Gasteiger partial charge in [-0.1, -0.05) is 30.3 Å². The Morgan fingerprint density at radius 2 is 1.68 bits per heavy atom. The molecule has 0 bridgehead atoms. The van der Waals surface area contributed by atoms with Gasteiger partial charge in [0.15, 0.2) is 0 Å². The van der Waals surface area contributed by atoms with Crippen molar-refractivity contribution in [1.82, 2.24) is 4.90 Å². The van der Waals surface area contributed by atoms with E-state index in [1.807, 2.05) is 18.2 Å². The van der Waals surface area contributed by atoms with E-state index in [1.165, 1.54) is 10.5 Å². The third-order valence-electron chi connectivity index (χ3n) is 3.65. The molecule has 0 aliphatic carbocycles. The van der Waals surface area contributed by atoms with Crippen molar-refractivity contribution in [3.05, 3.63) is 65.7 Å². The van der Waals surface area contributed by atoms with Gasteiger partial charge in [0.05, 0.1) is 5.75 Å². The molecule has 0 unspecified atom stereocenters. The SMILES string of the molecule is CN(C)C(=O)c1ccc(NC(=O)CSCCCc2ccccc2)cc1. The van der Waals surface area contributed by atoms with Crippen LogP contribution in [-0.2, 0) is 11.2 Å². The van der Waals surface area contributed by atoms with Crippen LogP contribution in [0.25, 0.3) is 0 Å². The fraction of sp³-hybridized carbons (Fsp3) is 0.300. The highest BCUT2D eigenvalue weighted by Crippen LogP contribution is 2.12. The summed E-state index contributed by atoms with van der Waals surface area (Å²) >= 11 is 1.64. The van der Waals surface area contributed by atoms with Gasteiger partial charge in [0.25, 0.3) is 5.91 Å². The maximum absolute atomic E-state index is 12.0. The summed E-state index contributed by atoms with van der Waals surface area (Å²) in [6.45, 7) is 0. The minimum atomic E-state index is -0.0492. The molecule has 0 spiro atoms. The summed E-state index contributed by atoms with van der Waals surface area (Å²) in [5.41, 5.74) is 2.66. The highest BCUT2D eigenvalue weighted by Gasteiger charge is 2.08. The van der Waals surface area contributed by atoms with Gasteiger partial charge in [0, 0.05) is 25.3 Å². The van der Waals surface area contributed by atoms with Crippen LogP contribution in [0, 0.1) is 0 Å². The number of nitrogens with zero attached hydrogens (tertiary/aromatic N) is 1. The molecular weight excluding hydrogens is 332 g/mol. The van der Waals surface area contributed by atoms with E-state index < -0.39 is 0 Å². The Bertz CT molecular complexity index is 685. The van der Waals surface area contributed by atoms with E-state index in [9.17, 15) is 9.59 Å². The van der Waals surface area contributed by atoms with Crippen molar-refractivity contribution >= 4 is 29.3 Å². The van der Waals surface area contributed by atoms with E-state index in [1.54, 1.807) is 50.1 Å². The molecule has 0 saturated heterocycles. The molecule has 0 aliphatic heterocycles. The van der Waals surface area contributed by atoms with E-state index in [0.29, 0.717) is 17.0 Å². The van der Waals surface area contributed by atoms with Crippen LogP contribution >= 0.6 is 11.8 Å². The van der Waals surface area contributed by atoms with E-state index in [2.05, 4.69) is 17.4 Å². The zero-order chi connectivity index (χ0) is 18.1. The molecule has 0 atom stereocenters. The molecule has 4 nitrogen and oxygen atoms in total. The van der Waals surface area contributed by atoms with Crippen LogP contribution in [0.15, 0.2) is 54.6 Å². The molecule has 0 saturated carbocycles. The lowest BCUT2D eigenvalue weighted by molar-refractivity contribution is -0.113. The molecule has 2 aromatic rings. The average Bonchev–Trinajstić information content (AvgIpc) is 2.62. The molecule has 0 radical (unpaired) electrons. The highest BCUT2D eigenvalue weighted by atomic mass is 32.2. The Balaban J connectivity index is 1.67. The van der Waals surface area contributed by atoms with Crippen LogP contribution in [0.3, 0.4) is 0 Å². The second-order valence-corrected chi connectivity index (χ2v) is 7.07. The van der Waals surface area contributed by atoms with E-state index in [-0.39, 0.29) is 11.8 Å². The number of carbonyl (C=O) groups excluding carboxylic acids is 2. The molecule has 0 heterocycles. The Morgan fingerprint density at radius 1 is 1.00 bits per heavy atom. The van der Waals surface area contributed by atoms with Crippen molar-refractivity contribution in [2.24, 2.45) is 0 Å². The van der Waals surface area contributed by atoms with E-state index >= 15 is 0 Å². The van der Waals surface area contributed by atoms with Crippen LogP contribution in [0.5, 0.6) is 0 Å². The van der Waals surface area contributed by atoms with Crippen LogP contribution in [-0.4, -0.2) is 42.3 Å².